The van der Waals surface area contributed by atoms with Gasteiger partial charge in [-0.25, -0.2) is 0 Å². The quantitative estimate of drug-likeness (QED) is 0.509. The van der Waals surface area contributed by atoms with Crippen LogP contribution in [-0.2, 0) is 18.4 Å². The molecule has 0 rings (SSSR count). The molecule has 0 unspecified atom stereocenters. The van der Waals surface area contributed by atoms with Crippen molar-refractivity contribution in [1.82, 2.24) is 0 Å². The molecule has 0 atom stereocenters. The van der Waals surface area contributed by atoms with E-state index in [1.165, 1.54) is 0 Å². The maximum Gasteiger partial charge on any atom is 0.453 e. The molecule has 0 amide bonds. The first-order chi connectivity index (χ1) is 8.47. The molecule has 0 spiro atoms. The molecular weight excluding hydrogens is 298 g/mol. The molecule has 0 aromatic carbocycles. The van der Waals surface area contributed by atoms with Crippen molar-refractivity contribution in [3.63, 3.8) is 0 Å². The topological polar surface area (TPSA) is 52.6 Å². The van der Waals surface area contributed by atoms with E-state index in [1.54, 1.807) is 0 Å². The zero-order chi connectivity index (χ0) is 15.3. The number of halogens is 5. The Morgan fingerprint density at radius 1 is 1.11 bits per heavy atom. The zero-order valence-corrected chi connectivity index (χ0v) is 11.2. The summed E-state index contributed by atoms with van der Waals surface area (Å²) in [6, 6.07) is 0. The van der Waals surface area contributed by atoms with Gasteiger partial charge in [-0.1, -0.05) is 0 Å². The first kappa shape index (κ1) is 18.5. The lowest BCUT2D eigenvalue weighted by atomic mass is 10.1. The van der Waals surface area contributed by atoms with Gasteiger partial charge in [-0.15, -0.1) is 0 Å². The van der Waals surface area contributed by atoms with Gasteiger partial charge < -0.3 is 9.05 Å². The minimum atomic E-state index is -5.63. The Hall–Kier alpha value is -0.530. The fourth-order valence-electron chi connectivity index (χ4n) is 1.15. The summed E-state index contributed by atoms with van der Waals surface area (Å²) in [5.74, 6) is -5.59. The summed E-state index contributed by atoms with van der Waals surface area (Å²) in [4.78, 5) is 11.3. The van der Waals surface area contributed by atoms with Crippen LogP contribution in [0.3, 0.4) is 0 Å². The number of Topliss-reactive ketones (excluding diaryl/α,β-unsaturated/α-hetero) is 1. The van der Waals surface area contributed by atoms with E-state index in [-0.39, 0.29) is 0 Å². The maximum absolute atomic E-state index is 12.5. The van der Waals surface area contributed by atoms with Crippen molar-refractivity contribution >= 4 is 13.4 Å². The number of hydrogen-bond acceptors (Lipinski definition) is 4. The van der Waals surface area contributed by atoms with Crippen molar-refractivity contribution in [1.29, 1.82) is 0 Å². The van der Waals surface area contributed by atoms with Gasteiger partial charge in [0.05, 0.1) is 0 Å². The lowest BCUT2D eigenvalue weighted by Crippen LogP contribution is -2.36. The average Bonchev–Trinajstić information content (AvgIpc) is 2.27. The van der Waals surface area contributed by atoms with E-state index in [4.69, 9.17) is 0 Å². The normalized spacial score (nSPS) is 13.6. The average molecular weight is 312 g/mol. The van der Waals surface area contributed by atoms with Crippen LogP contribution in [0.25, 0.3) is 0 Å². The first-order valence-corrected chi connectivity index (χ1v) is 6.87. The molecule has 0 heterocycles. The number of rotatable bonds is 8. The number of alkyl halides is 5. The van der Waals surface area contributed by atoms with Crippen LogP contribution in [0.4, 0.5) is 22.0 Å². The molecular formula is C9H14F5O4P. The van der Waals surface area contributed by atoms with Gasteiger partial charge in [-0.2, -0.15) is 22.0 Å². The van der Waals surface area contributed by atoms with E-state index in [0.717, 1.165) is 14.2 Å². The van der Waals surface area contributed by atoms with E-state index < -0.39 is 50.9 Å². The Morgan fingerprint density at radius 3 is 1.95 bits per heavy atom. The highest BCUT2D eigenvalue weighted by Gasteiger charge is 2.56. The summed E-state index contributed by atoms with van der Waals surface area (Å²) in [7, 11) is -1.54. The van der Waals surface area contributed by atoms with Crippen molar-refractivity contribution in [2.24, 2.45) is 0 Å². The molecule has 0 N–H and O–H groups in total. The Balaban J connectivity index is 4.24. The van der Waals surface area contributed by atoms with Crippen LogP contribution in [0.1, 0.15) is 19.3 Å². The third-order valence-electron chi connectivity index (χ3n) is 2.29. The molecule has 0 fully saturated rings. The molecule has 0 aromatic heterocycles. The van der Waals surface area contributed by atoms with Crippen LogP contribution < -0.4 is 0 Å². The highest BCUT2D eigenvalue weighted by Crippen LogP contribution is 2.46. The molecule has 0 bridgehead atoms. The van der Waals surface area contributed by atoms with Crippen LogP contribution in [-0.4, -0.2) is 38.3 Å². The minimum Gasteiger partial charge on any atom is -0.312 e. The molecule has 4 nitrogen and oxygen atoms in total. The van der Waals surface area contributed by atoms with Crippen molar-refractivity contribution in [2.45, 2.75) is 31.4 Å². The minimum absolute atomic E-state index is 0.553. The number of hydrogen-bond donors (Lipinski definition) is 0. The standard InChI is InChI=1S/C9H14F5O4P/c1-17-19(16,18-2)6-7(15)4-3-5-8(10,11)9(12,13)14/h3-6H2,1-2H3. The lowest BCUT2D eigenvalue weighted by Gasteiger charge is -2.19. The van der Waals surface area contributed by atoms with E-state index >= 15 is 0 Å². The van der Waals surface area contributed by atoms with Crippen LogP contribution >= 0.6 is 7.60 Å². The molecule has 114 valence electrons. The van der Waals surface area contributed by atoms with E-state index in [2.05, 4.69) is 9.05 Å². The highest BCUT2D eigenvalue weighted by atomic mass is 31.2. The molecule has 0 aliphatic heterocycles. The second kappa shape index (κ2) is 6.76. The smallest absolute Gasteiger partial charge is 0.312 e. The monoisotopic (exact) mass is 312 g/mol. The predicted molar refractivity (Wildman–Crippen MR) is 56.4 cm³/mol. The first-order valence-electron chi connectivity index (χ1n) is 5.14. The van der Waals surface area contributed by atoms with Crippen LogP contribution in [0.5, 0.6) is 0 Å². The van der Waals surface area contributed by atoms with Crippen LogP contribution in [0.2, 0.25) is 0 Å². The van der Waals surface area contributed by atoms with Crippen LogP contribution in [0.15, 0.2) is 0 Å². The predicted octanol–water partition coefficient (Wildman–Crippen LogP) is 3.41. The van der Waals surface area contributed by atoms with Gasteiger partial charge >= 0.3 is 19.7 Å². The van der Waals surface area contributed by atoms with E-state index in [0.29, 0.717) is 0 Å². The third-order valence-corrected chi connectivity index (χ3v) is 4.14. The summed E-state index contributed by atoms with van der Waals surface area (Å²) >= 11 is 0. The molecule has 19 heavy (non-hydrogen) atoms. The van der Waals surface area contributed by atoms with Gasteiger partial charge in [0.15, 0.2) is 0 Å². The Kier molecular flexibility index (Phi) is 6.57. The zero-order valence-electron chi connectivity index (χ0n) is 10.3. The fourth-order valence-corrected chi connectivity index (χ4v) is 2.15. The van der Waals surface area contributed by atoms with Gasteiger partial charge in [0.2, 0.25) is 0 Å². The highest BCUT2D eigenvalue weighted by molar-refractivity contribution is 7.54. The summed E-state index contributed by atoms with van der Waals surface area (Å²) < 4.78 is 80.9. The second-order valence-electron chi connectivity index (χ2n) is 3.73. The van der Waals surface area contributed by atoms with Gasteiger partial charge in [0.25, 0.3) is 0 Å². The molecule has 0 radical (unpaired) electrons. The van der Waals surface area contributed by atoms with Crippen molar-refractivity contribution in [3.8, 4) is 0 Å². The number of carbonyl (C=O) groups excluding carboxylic acids is 1. The van der Waals surface area contributed by atoms with Crippen molar-refractivity contribution in [2.75, 3.05) is 20.4 Å². The van der Waals surface area contributed by atoms with Crippen LogP contribution in [0, 0.1) is 0 Å². The van der Waals surface area contributed by atoms with Gasteiger partial charge in [0, 0.05) is 27.1 Å². The number of carbonyl (C=O) groups is 1. The molecule has 0 saturated carbocycles. The van der Waals surface area contributed by atoms with Crippen molar-refractivity contribution in [3.05, 3.63) is 0 Å². The fraction of sp³-hybridized carbons (Fsp3) is 0.889. The lowest BCUT2D eigenvalue weighted by molar-refractivity contribution is -0.284. The Morgan fingerprint density at radius 2 is 1.58 bits per heavy atom. The number of ketones is 1. The molecule has 0 aromatic rings. The maximum atomic E-state index is 12.5. The summed E-state index contributed by atoms with van der Waals surface area (Å²) in [6.07, 6.45) is -9.00. The third kappa shape index (κ3) is 5.97. The molecule has 0 aliphatic carbocycles. The largest absolute Gasteiger partial charge is 0.453 e. The second-order valence-corrected chi connectivity index (χ2v) is 6.00. The molecule has 0 aliphatic rings. The Labute approximate surface area is 106 Å². The SMILES string of the molecule is COP(=O)(CC(=O)CCCC(F)(F)C(F)(F)F)OC. The van der Waals surface area contributed by atoms with Gasteiger partial charge in [0.1, 0.15) is 11.9 Å². The van der Waals surface area contributed by atoms with Gasteiger partial charge in [-0.05, 0) is 6.42 Å². The van der Waals surface area contributed by atoms with Crippen molar-refractivity contribution < 1.29 is 40.4 Å². The molecule has 10 heteroatoms. The molecule has 0 saturated heterocycles. The summed E-state index contributed by atoms with van der Waals surface area (Å²) in [6.45, 7) is 0. The Bertz CT molecular complexity index is 347. The van der Waals surface area contributed by atoms with Gasteiger partial charge in [-0.3, -0.25) is 9.36 Å². The summed E-state index contributed by atoms with van der Waals surface area (Å²) in [5, 5.41) is 0. The van der Waals surface area contributed by atoms with E-state index in [9.17, 15) is 31.3 Å². The van der Waals surface area contributed by atoms with E-state index in [1.807, 2.05) is 0 Å². The summed E-state index contributed by atoms with van der Waals surface area (Å²) in [5.41, 5.74) is 0.